The van der Waals surface area contributed by atoms with Crippen molar-refractivity contribution < 1.29 is 4.79 Å². The number of hydrogen-bond acceptors (Lipinski definition) is 4. The first-order valence-corrected chi connectivity index (χ1v) is 10.9. The first-order valence-electron chi connectivity index (χ1n) is 9.76. The molecule has 2 unspecified atom stereocenters. The summed E-state index contributed by atoms with van der Waals surface area (Å²) in [6, 6.07) is 12.6. The van der Waals surface area contributed by atoms with E-state index in [1.165, 1.54) is 0 Å². The van der Waals surface area contributed by atoms with E-state index in [0.717, 1.165) is 24.9 Å². The maximum atomic E-state index is 13.1. The first-order chi connectivity index (χ1) is 14.4. The van der Waals surface area contributed by atoms with E-state index in [2.05, 4.69) is 5.43 Å². The van der Waals surface area contributed by atoms with Gasteiger partial charge in [0.05, 0.1) is 16.8 Å². The number of rotatable bonds is 4. The maximum absolute atomic E-state index is 13.1. The number of amides is 1. The van der Waals surface area contributed by atoms with E-state index in [4.69, 9.17) is 39.9 Å². The number of hydrazone groups is 1. The summed E-state index contributed by atoms with van der Waals surface area (Å²) in [6.45, 7) is 2.77. The number of nitrogens with one attached hydrogen (secondary N) is 1. The Bertz CT molecular complexity index is 1010. The molecule has 0 saturated heterocycles. The number of hydrogen-bond donors (Lipinski definition) is 1. The molecule has 0 saturated carbocycles. The van der Waals surface area contributed by atoms with Gasteiger partial charge in [0.25, 0.3) is 5.91 Å². The molecule has 2 aliphatic rings. The summed E-state index contributed by atoms with van der Waals surface area (Å²) in [4.78, 5) is 13.1. The molecule has 2 aromatic rings. The predicted molar refractivity (Wildman–Crippen MR) is 123 cm³/mol. The Morgan fingerprint density at radius 1 is 1.10 bits per heavy atom. The molecule has 0 fully saturated rings. The minimum absolute atomic E-state index is 0.174. The summed E-state index contributed by atoms with van der Waals surface area (Å²) >= 11 is 18.6. The molecule has 4 rings (SSSR count). The number of benzene rings is 2. The van der Waals surface area contributed by atoms with E-state index in [0.29, 0.717) is 26.5 Å². The fraction of sp³-hybridized carbons (Fsp3) is 0.273. The van der Waals surface area contributed by atoms with Crippen LogP contribution in [-0.4, -0.2) is 23.2 Å². The molecular weight excluding hydrogens is 443 g/mol. The zero-order chi connectivity index (χ0) is 21.3. The van der Waals surface area contributed by atoms with E-state index in [1.807, 2.05) is 49.5 Å². The van der Waals surface area contributed by atoms with Crippen LogP contribution in [0.25, 0.3) is 0 Å². The molecule has 0 bridgehead atoms. The number of hydrazine groups is 1. The number of halogens is 3. The third kappa shape index (κ3) is 4.29. The minimum Gasteiger partial charge on any atom is -0.293 e. The largest absolute Gasteiger partial charge is 0.293 e. The topological polar surface area (TPSA) is 47.9 Å². The van der Waals surface area contributed by atoms with E-state index >= 15 is 0 Å². The molecule has 2 aliphatic heterocycles. The standard InChI is InChI=1S/C22H21Cl3N4O/c1-14-20(22(30)27-28-11-3-2-4-12-28)26-29(19-10-9-17(24)13-18(19)25)21(14)15-5-7-16(23)8-6-15/h3,5-11,13-14,21H,2,4,12H2,1H3,(H,27,30). The number of anilines is 1. The molecule has 0 aromatic heterocycles. The van der Waals surface area contributed by atoms with Gasteiger partial charge in [0.15, 0.2) is 0 Å². The van der Waals surface area contributed by atoms with Gasteiger partial charge in [-0.25, -0.2) is 0 Å². The molecule has 2 aromatic carbocycles. The van der Waals surface area contributed by atoms with Gasteiger partial charge in [-0.3, -0.25) is 20.2 Å². The Morgan fingerprint density at radius 2 is 1.83 bits per heavy atom. The van der Waals surface area contributed by atoms with Crippen molar-refractivity contribution in [3.63, 3.8) is 0 Å². The highest BCUT2D eigenvalue weighted by Crippen LogP contribution is 2.42. The molecule has 0 spiro atoms. The van der Waals surface area contributed by atoms with E-state index in [9.17, 15) is 4.79 Å². The number of allylic oxidation sites excluding steroid dienone is 1. The lowest BCUT2D eigenvalue weighted by atomic mass is 9.91. The SMILES string of the molecule is CC1C(C(=O)NN2C=CCCC2)=NN(c2ccc(Cl)cc2Cl)C1c1ccc(Cl)cc1. The van der Waals surface area contributed by atoms with Gasteiger partial charge in [0.2, 0.25) is 0 Å². The van der Waals surface area contributed by atoms with Gasteiger partial charge >= 0.3 is 0 Å². The fourth-order valence-corrected chi connectivity index (χ4v) is 4.40. The molecule has 1 N–H and O–H groups in total. The first kappa shape index (κ1) is 21.0. The third-order valence-electron chi connectivity index (χ3n) is 5.28. The lowest BCUT2D eigenvalue weighted by Crippen LogP contribution is -2.44. The van der Waals surface area contributed by atoms with Gasteiger partial charge in [-0.2, -0.15) is 5.10 Å². The summed E-state index contributed by atoms with van der Waals surface area (Å²) in [6.07, 6.45) is 5.95. The maximum Gasteiger partial charge on any atom is 0.286 e. The van der Waals surface area contributed by atoms with Crippen molar-refractivity contribution in [1.82, 2.24) is 10.4 Å². The Balaban J connectivity index is 1.70. The molecule has 5 nitrogen and oxygen atoms in total. The highest BCUT2D eigenvalue weighted by Gasteiger charge is 2.40. The second kappa shape index (κ2) is 8.88. The van der Waals surface area contributed by atoms with Gasteiger partial charge < -0.3 is 0 Å². The minimum atomic E-state index is -0.222. The van der Waals surface area contributed by atoms with Crippen molar-refractivity contribution in [2.24, 2.45) is 11.0 Å². The number of nitrogens with zero attached hydrogens (tertiary/aromatic N) is 3. The van der Waals surface area contributed by atoms with Crippen molar-refractivity contribution >= 4 is 52.1 Å². The molecule has 30 heavy (non-hydrogen) atoms. The predicted octanol–water partition coefficient (Wildman–Crippen LogP) is 5.84. The van der Waals surface area contributed by atoms with Crippen LogP contribution >= 0.6 is 34.8 Å². The third-order valence-corrected chi connectivity index (χ3v) is 6.07. The molecule has 1 amide bonds. The highest BCUT2D eigenvalue weighted by molar-refractivity contribution is 6.41. The Kier molecular flexibility index (Phi) is 6.23. The smallest absolute Gasteiger partial charge is 0.286 e. The van der Waals surface area contributed by atoms with Crippen molar-refractivity contribution in [3.8, 4) is 0 Å². The molecule has 8 heteroatoms. The van der Waals surface area contributed by atoms with Crippen LogP contribution < -0.4 is 10.4 Å². The van der Waals surface area contributed by atoms with Crippen molar-refractivity contribution in [2.75, 3.05) is 11.6 Å². The van der Waals surface area contributed by atoms with E-state index in [-0.39, 0.29) is 17.9 Å². The fourth-order valence-electron chi connectivity index (χ4n) is 3.78. The van der Waals surface area contributed by atoms with Crippen LogP contribution in [0.2, 0.25) is 15.1 Å². The summed E-state index contributed by atoms with van der Waals surface area (Å²) in [5, 5.41) is 9.96. The van der Waals surface area contributed by atoms with Crippen molar-refractivity contribution in [1.29, 1.82) is 0 Å². The van der Waals surface area contributed by atoms with Crippen LogP contribution in [0.5, 0.6) is 0 Å². The van der Waals surface area contributed by atoms with Gasteiger partial charge in [-0.15, -0.1) is 0 Å². The van der Waals surface area contributed by atoms with E-state index < -0.39 is 0 Å². The Morgan fingerprint density at radius 3 is 2.50 bits per heavy atom. The van der Waals surface area contributed by atoms with Crippen molar-refractivity contribution in [3.05, 3.63) is 75.4 Å². The van der Waals surface area contributed by atoms with E-state index in [1.54, 1.807) is 22.2 Å². The summed E-state index contributed by atoms with van der Waals surface area (Å²) in [5.41, 5.74) is 5.06. The van der Waals surface area contributed by atoms with Crippen molar-refractivity contribution in [2.45, 2.75) is 25.8 Å². The highest BCUT2D eigenvalue weighted by atomic mass is 35.5. The van der Waals surface area contributed by atoms with Crippen LogP contribution in [0.1, 0.15) is 31.4 Å². The molecular formula is C22H21Cl3N4O. The summed E-state index contributed by atoms with van der Waals surface area (Å²) in [7, 11) is 0. The quantitative estimate of drug-likeness (QED) is 0.619. The Hall–Kier alpha value is -2.21. The van der Waals surface area contributed by atoms with Gasteiger partial charge in [-0.1, -0.05) is 59.9 Å². The monoisotopic (exact) mass is 462 g/mol. The van der Waals surface area contributed by atoms with Crippen LogP contribution in [0.15, 0.2) is 59.8 Å². The normalized spacial score (nSPS) is 21.0. The molecule has 2 atom stereocenters. The lowest BCUT2D eigenvalue weighted by Gasteiger charge is -2.28. The Labute approximate surface area is 190 Å². The average molecular weight is 464 g/mol. The van der Waals surface area contributed by atoms with Crippen LogP contribution in [0.4, 0.5) is 5.69 Å². The van der Waals surface area contributed by atoms with Gasteiger partial charge in [0, 0.05) is 28.7 Å². The van der Waals surface area contributed by atoms with Crippen LogP contribution in [0, 0.1) is 5.92 Å². The average Bonchev–Trinajstić information content (AvgIpc) is 3.06. The van der Waals surface area contributed by atoms with Crippen LogP contribution in [-0.2, 0) is 4.79 Å². The summed E-state index contributed by atoms with van der Waals surface area (Å²) in [5.74, 6) is -0.396. The zero-order valence-corrected chi connectivity index (χ0v) is 18.6. The van der Waals surface area contributed by atoms with Gasteiger partial charge in [-0.05, 0) is 48.7 Å². The van der Waals surface area contributed by atoms with Crippen LogP contribution in [0.3, 0.4) is 0 Å². The molecule has 156 valence electrons. The summed E-state index contributed by atoms with van der Waals surface area (Å²) < 4.78 is 0. The number of carbonyl (C=O) groups excluding carboxylic acids is 1. The van der Waals surface area contributed by atoms with Gasteiger partial charge in [0.1, 0.15) is 5.71 Å². The number of carbonyl (C=O) groups is 1. The molecule has 0 aliphatic carbocycles. The lowest BCUT2D eigenvalue weighted by molar-refractivity contribution is -0.118. The zero-order valence-electron chi connectivity index (χ0n) is 16.4. The molecule has 0 radical (unpaired) electrons. The molecule has 2 heterocycles. The second-order valence-corrected chi connectivity index (χ2v) is 8.65. The second-order valence-electron chi connectivity index (χ2n) is 7.37.